The number of ether oxygens (including phenoxy) is 8. The summed E-state index contributed by atoms with van der Waals surface area (Å²) in [5, 5.41) is 55.3. The summed E-state index contributed by atoms with van der Waals surface area (Å²) < 4.78 is 79.8. The number of hydrogen-bond donors (Lipinski definition) is 2. The van der Waals surface area contributed by atoms with Crippen LogP contribution in [0, 0.1) is 53.4 Å². The zero-order valence-corrected chi connectivity index (χ0v) is 71.1. The van der Waals surface area contributed by atoms with Crippen molar-refractivity contribution >= 4 is 23.4 Å². The van der Waals surface area contributed by atoms with Crippen LogP contribution in [-0.2, 0) is 52.0 Å². The average Bonchev–Trinajstić information content (AvgIpc) is 1.64. The summed E-state index contributed by atoms with van der Waals surface area (Å²) >= 11 is 0. The molecule has 0 aromatic carbocycles. The van der Waals surface area contributed by atoms with Gasteiger partial charge in [-0.1, -0.05) is 20.6 Å². The quantitative estimate of drug-likeness (QED) is 0.0411. The number of Topliss-reactive ketones (excluding diaryl/α,β-unsaturated/α-hetero) is 2. The number of amides is 2. The van der Waals surface area contributed by atoms with E-state index >= 15 is 0 Å². The van der Waals surface area contributed by atoms with Crippen LogP contribution >= 0.6 is 0 Å². The largest absolute Gasteiger partial charge is 0.473 e. The average molecular weight is 1720 g/mol. The first-order valence-electron chi connectivity index (χ1n) is 42.5. The number of pyridine rings is 4. The van der Waals surface area contributed by atoms with E-state index in [2.05, 4.69) is 92.0 Å². The molecular weight excluding hydrogens is 1620 g/mol. The third-order valence-corrected chi connectivity index (χ3v) is 22.4. The van der Waals surface area contributed by atoms with Gasteiger partial charge in [-0.3, -0.25) is 34.1 Å². The highest BCUT2D eigenvalue weighted by molar-refractivity contribution is 5.96. The Morgan fingerprint density at radius 2 is 0.794 bits per heavy atom. The Morgan fingerprint density at radius 3 is 1.24 bits per heavy atom. The molecule has 2 saturated carbocycles. The van der Waals surface area contributed by atoms with Gasteiger partial charge in [0.05, 0.1) is 33.5 Å². The monoisotopic (exact) mass is 1720 g/mol. The molecule has 2 amide bonds. The van der Waals surface area contributed by atoms with Crippen LogP contribution in [0.1, 0.15) is 217 Å². The van der Waals surface area contributed by atoms with Crippen LogP contribution in [0.2, 0.25) is 0 Å². The van der Waals surface area contributed by atoms with Crippen LogP contribution in [0.15, 0.2) is 134 Å². The zero-order valence-electron chi connectivity index (χ0n) is 71.1. The summed E-state index contributed by atoms with van der Waals surface area (Å²) in [4.78, 5) is 67.2. The number of alkyl halides is 1. The fraction of sp³-hybridized carbons (Fsp3) is 0.429. The molecule has 0 spiro atoms. The minimum absolute atomic E-state index is 0.00396. The standard InChI is InChI=1S/2C23H25N5O4.C23H26N4O4.C22H23FN4O4/c1-14-2-5-19(26-24-14)22-17(23(32-28-22)16-3-4-16)13-31-21-7-6-18(25-27-21)20(29)12-15-8-10-30-11-9-15;1-14-2-3-16(12-24-14)21-18(22(32-28-21)15-4-5-15)13-31-20-7-6-19(26-27-20)23(29)25-17-8-10-30-11-9-17;1-14-10-21(25-12-19(14)23(28)26-18-6-8-29-9-7-18)30-13-20-16(3)31-27-22(20)17-5-4-15(2)24-11-17;1-14-2-3-16(12-24-14)22-17(20(11-23)31-27-22)13-30-21-5-4-18(25-26-21)19(28)10-15-6-8-29-9-7-15/h2,5-7,15-16H,3-4,8-13H2,1H3;2-3,6-7,12,15,17H,4-5,8-11,13H2,1H3,(H,25,29);4-5,10-12,18H,6-9,13H2,1-3H3,(H,26,28);2-5,12,15H,6-11,13H2,1H3. The van der Waals surface area contributed by atoms with Gasteiger partial charge in [0.1, 0.15) is 83.6 Å². The predicted molar refractivity (Wildman–Crippen MR) is 449 cm³/mol. The molecule has 35 heteroatoms. The Kier molecular flexibility index (Phi) is 29.7. The van der Waals surface area contributed by atoms with Crippen molar-refractivity contribution in [3.8, 4) is 68.7 Å². The molecule has 34 nitrogen and oxygen atoms in total. The Morgan fingerprint density at radius 1 is 0.381 bits per heavy atom. The minimum Gasteiger partial charge on any atom is -0.473 e. The van der Waals surface area contributed by atoms with E-state index in [1.54, 1.807) is 67.3 Å². The van der Waals surface area contributed by atoms with Crippen molar-refractivity contribution in [2.24, 2.45) is 11.8 Å². The number of nitrogens with one attached hydrogen (secondary N) is 2. The molecule has 2 aliphatic carbocycles. The molecule has 126 heavy (non-hydrogen) atoms. The second-order valence-electron chi connectivity index (χ2n) is 31.9. The van der Waals surface area contributed by atoms with Gasteiger partial charge < -0.3 is 66.6 Å². The van der Waals surface area contributed by atoms with Crippen molar-refractivity contribution < 1.29 is 79.6 Å². The molecular formula is C91H99FN18O16. The lowest BCUT2D eigenvalue weighted by Gasteiger charge is -2.23. The molecule has 0 bridgehead atoms. The maximum atomic E-state index is 13.4. The van der Waals surface area contributed by atoms with E-state index in [9.17, 15) is 23.6 Å². The van der Waals surface area contributed by atoms with Crippen LogP contribution in [0.4, 0.5) is 4.39 Å². The van der Waals surface area contributed by atoms with Crippen LogP contribution < -0.4 is 29.6 Å². The van der Waals surface area contributed by atoms with Crippen LogP contribution in [-0.4, -0.2) is 170 Å². The normalized spacial score (nSPS) is 15.6. The summed E-state index contributed by atoms with van der Waals surface area (Å²) in [6, 6.07) is 27.1. The van der Waals surface area contributed by atoms with Gasteiger partial charge >= 0.3 is 0 Å². The molecule has 656 valence electrons. The third kappa shape index (κ3) is 23.7. The molecule has 2 N–H and O–H groups in total. The third-order valence-electron chi connectivity index (χ3n) is 22.4. The first-order chi connectivity index (χ1) is 61.5. The van der Waals surface area contributed by atoms with Gasteiger partial charge in [0, 0.05) is 172 Å². The molecule has 6 fully saturated rings. The highest BCUT2D eigenvalue weighted by atomic mass is 19.1. The van der Waals surface area contributed by atoms with E-state index in [4.69, 9.17) is 56.0 Å². The van der Waals surface area contributed by atoms with E-state index in [-0.39, 0.29) is 79.2 Å². The fourth-order valence-corrected chi connectivity index (χ4v) is 14.5. The van der Waals surface area contributed by atoms with E-state index in [0.29, 0.717) is 150 Å². The second-order valence-corrected chi connectivity index (χ2v) is 31.9. The smallest absolute Gasteiger partial charge is 0.272 e. The lowest BCUT2D eigenvalue weighted by atomic mass is 9.93. The first-order valence-corrected chi connectivity index (χ1v) is 42.5. The van der Waals surface area contributed by atoms with E-state index in [1.807, 2.05) is 90.1 Å². The van der Waals surface area contributed by atoms with E-state index in [1.165, 1.54) is 0 Å². The van der Waals surface area contributed by atoms with Crippen molar-refractivity contribution in [3.63, 3.8) is 0 Å². The molecule has 12 aromatic rings. The highest BCUT2D eigenvalue weighted by Gasteiger charge is 2.36. The minimum atomic E-state index is -0.809. The summed E-state index contributed by atoms with van der Waals surface area (Å²) in [5.41, 5.74) is 14.6. The van der Waals surface area contributed by atoms with Gasteiger partial charge in [-0.05, 0) is 203 Å². The summed E-state index contributed by atoms with van der Waals surface area (Å²) in [7, 11) is 0. The van der Waals surface area contributed by atoms with Gasteiger partial charge in [-0.25, -0.2) is 9.37 Å². The maximum absolute atomic E-state index is 13.4. The lowest BCUT2D eigenvalue weighted by Crippen LogP contribution is -2.39. The molecule has 18 rings (SSSR count). The van der Waals surface area contributed by atoms with E-state index < -0.39 is 6.67 Å². The molecule has 0 atom stereocenters. The molecule has 0 radical (unpaired) electrons. The fourth-order valence-electron chi connectivity index (χ4n) is 14.5. The number of aromatic nitrogens is 16. The topological polar surface area (TPSA) is 425 Å². The molecule has 12 aromatic heterocycles. The van der Waals surface area contributed by atoms with Gasteiger partial charge in [0.15, 0.2) is 29.7 Å². The number of aryl methyl sites for hydroxylation is 6. The van der Waals surface area contributed by atoms with Crippen molar-refractivity contribution in [2.45, 2.75) is 188 Å². The van der Waals surface area contributed by atoms with Gasteiger partial charge in [-0.15, -0.1) is 35.7 Å². The van der Waals surface area contributed by atoms with Crippen molar-refractivity contribution in [1.82, 2.24) is 92.0 Å². The van der Waals surface area contributed by atoms with E-state index in [0.717, 1.165) is 164 Å². The molecule has 6 aliphatic rings. The van der Waals surface area contributed by atoms with Gasteiger partial charge in [0.25, 0.3) is 11.8 Å². The summed E-state index contributed by atoms with van der Waals surface area (Å²) in [5.74, 6) is 4.84. The maximum Gasteiger partial charge on any atom is 0.272 e. The predicted octanol–water partition coefficient (Wildman–Crippen LogP) is 14.3. The Hall–Kier alpha value is -13.0. The highest BCUT2D eigenvalue weighted by Crippen LogP contribution is 2.46. The van der Waals surface area contributed by atoms with Gasteiger partial charge in [0.2, 0.25) is 23.5 Å². The van der Waals surface area contributed by atoms with Crippen LogP contribution in [0.25, 0.3) is 45.2 Å². The number of ketones is 2. The number of carbonyl (C=O) groups is 4. The second kappa shape index (κ2) is 42.6. The Balaban J connectivity index is 0.000000130. The SMILES string of the molecule is Cc1ccc(-c2noc(C)c2COc2cc(C)c(C(=O)NC3CCOCC3)cn2)cn1.Cc1ccc(-c2noc(C3CC3)c2COc2ccc(C(=O)CC3CCOCC3)nn2)nn1.Cc1ccc(-c2noc(C3CC3)c2COc2ccc(C(=O)NC3CCOCC3)nn2)cn1.Cc1ccc(-c2noc(CF)c2COc2ccc(C(=O)CC3CCOCC3)nn2)cn1. The van der Waals surface area contributed by atoms with Crippen LogP contribution in [0.5, 0.6) is 23.5 Å². The molecule has 16 heterocycles. The lowest BCUT2D eigenvalue weighted by molar-refractivity contribution is 0.0594. The number of halogens is 1. The number of rotatable bonds is 29. The van der Waals surface area contributed by atoms with Gasteiger partial charge in [-0.2, -0.15) is 5.10 Å². The Bertz CT molecular complexity index is 5420. The molecule has 4 aliphatic heterocycles. The zero-order chi connectivity index (χ0) is 87.3. The number of carbonyl (C=O) groups excluding carboxylic acids is 4. The van der Waals surface area contributed by atoms with Crippen molar-refractivity contribution in [1.29, 1.82) is 0 Å². The summed E-state index contributed by atoms with van der Waals surface area (Å²) in [6.45, 7) is 16.8. The number of hydrogen-bond acceptors (Lipinski definition) is 32. The molecule has 0 unspecified atom stereocenters. The summed E-state index contributed by atoms with van der Waals surface area (Å²) in [6.07, 6.45) is 18.9. The first kappa shape index (κ1) is 87.9. The van der Waals surface area contributed by atoms with Crippen molar-refractivity contribution in [2.75, 3.05) is 52.9 Å². The number of nitrogens with zero attached hydrogens (tertiary/aromatic N) is 16. The van der Waals surface area contributed by atoms with Crippen LogP contribution in [0.3, 0.4) is 0 Å². The molecule has 4 saturated heterocycles. The van der Waals surface area contributed by atoms with Crippen molar-refractivity contribution in [3.05, 3.63) is 212 Å². The Labute approximate surface area is 725 Å².